The van der Waals surface area contributed by atoms with Crippen LogP contribution < -0.4 is 0 Å². The summed E-state index contributed by atoms with van der Waals surface area (Å²) < 4.78 is 0. The van der Waals surface area contributed by atoms with Crippen molar-refractivity contribution in [3.05, 3.63) is 35.4 Å². The van der Waals surface area contributed by atoms with E-state index in [2.05, 4.69) is 4.90 Å². The Labute approximate surface area is 116 Å². The van der Waals surface area contributed by atoms with E-state index in [9.17, 15) is 4.79 Å². The number of carbonyl (C=O) groups is 1. The number of Topliss-reactive ketones (excluding diaryl/α,β-unsaturated/α-hetero) is 1. The molecule has 1 aromatic rings. The Morgan fingerprint density at radius 2 is 1.74 bits per heavy atom. The van der Waals surface area contributed by atoms with Crippen molar-refractivity contribution in [2.75, 3.05) is 19.6 Å². The summed E-state index contributed by atoms with van der Waals surface area (Å²) in [5.41, 5.74) is 2.07. The average molecular weight is 259 g/mol. The van der Waals surface area contributed by atoms with Gasteiger partial charge in [-0.25, -0.2) is 0 Å². The molecule has 0 atom stereocenters. The van der Waals surface area contributed by atoms with E-state index in [1.54, 1.807) is 0 Å². The molecule has 1 heterocycles. The minimum absolute atomic E-state index is 0.290. The van der Waals surface area contributed by atoms with E-state index in [0.29, 0.717) is 12.2 Å². The summed E-state index contributed by atoms with van der Waals surface area (Å²) in [6.45, 7) is 5.73. The number of rotatable bonds is 6. The fourth-order valence-corrected chi connectivity index (χ4v) is 2.69. The standard InChI is InChI=1S/C17H25NO/c1-15-8-10-16(11-9-15)17(19)7-3-6-14-18-12-4-2-5-13-18/h8-11H,2-7,12-14H2,1H3. The Morgan fingerprint density at radius 3 is 2.42 bits per heavy atom. The zero-order valence-corrected chi connectivity index (χ0v) is 12.0. The van der Waals surface area contributed by atoms with Crippen molar-refractivity contribution in [1.82, 2.24) is 4.90 Å². The van der Waals surface area contributed by atoms with E-state index >= 15 is 0 Å². The second-order valence-corrected chi connectivity index (χ2v) is 5.65. The molecular formula is C17H25NO. The molecule has 2 heteroatoms. The van der Waals surface area contributed by atoms with Gasteiger partial charge in [-0.1, -0.05) is 36.2 Å². The van der Waals surface area contributed by atoms with Crippen molar-refractivity contribution in [3.63, 3.8) is 0 Å². The Balaban J connectivity index is 1.64. The summed E-state index contributed by atoms with van der Waals surface area (Å²) in [4.78, 5) is 14.5. The summed E-state index contributed by atoms with van der Waals surface area (Å²) in [5, 5.41) is 0. The molecule has 0 amide bonds. The molecule has 0 aromatic heterocycles. The summed E-state index contributed by atoms with van der Waals surface area (Å²) in [5.74, 6) is 0.290. The fourth-order valence-electron chi connectivity index (χ4n) is 2.69. The third-order valence-corrected chi connectivity index (χ3v) is 3.95. The van der Waals surface area contributed by atoms with Gasteiger partial charge in [0.05, 0.1) is 0 Å². The van der Waals surface area contributed by atoms with Crippen LogP contribution in [0, 0.1) is 6.92 Å². The Hall–Kier alpha value is -1.15. The number of benzene rings is 1. The molecule has 0 radical (unpaired) electrons. The minimum Gasteiger partial charge on any atom is -0.303 e. The maximum absolute atomic E-state index is 12.0. The van der Waals surface area contributed by atoms with Gasteiger partial charge in [-0.3, -0.25) is 4.79 Å². The summed E-state index contributed by atoms with van der Waals surface area (Å²) in [6.07, 6.45) is 6.95. The van der Waals surface area contributed by atoms with E-state index in [4.69, 9.17) is 0 Å². The number of nitrogens with zero attached hydrogens (tertiary/aromatic N) is 1. The third-order valence-electron chi connectivity index (χ3n) is 3.95. The average Bonchev–Trinajstić information content (AvgIpc) is 2.45. The second-order valence-electron chi connectivity index (χ2n) is 5.65. The fraction of sp³-hybridized carbons (Fsp3) is 0.588. The molecular weight excluding hydrogens is 234 g/mol. The van der Waals surface area contributed by atoms with Gasteiger partial charge in [0.2, 0.25) is 0 Å². The molecule has 104 valence electrons. The molecule has 1 aliphatic rings. The number of aryl methyl sites for hydroxylation is 1. The van der Waals surface area contributed by atoms with Gasteiger partial charge in [0, 0.05) is 12.0 Å². The van der Waals surface area contributed by atoms with Gasteiger partial charge in [0.25, 0.3) is 0 Å². The number of carbonyl (C=O) groups excluding carboxylic acids is 1. The highest BCUT2D eigenvalue weighted by Gasteiger charge is 2.10. The molecule has 0 aliphatic carbocycles. The van der Waals surface area contributed by atoms with E-state index in [1.807, 2.05) is 31.2 Å². The molecule has 19 heavy (non-hydrogen) atoms. The first-order valence-electron chi connectivity index (χ1n) is 7.58. The van der Waals surface area contributed by atoms with Gasteiger partial charge in [-0.2, -0.15) is 0 Å². The van der Waals surface area contributed by atoms with Gasteiger partial charge in [0.1, 0.15) is 0 Å². The molecule has 0 saturated carbocycles. The van der Waals surface area contributed by atoms with Crippen molar-refractivity contribution >= 4 is 5.78 Å². The number of likely N-dealkylation sites (tertiary alicyclic amines) is 1. The largest absolute Gasteiger partial charge is 0.303 e. The van der Waals surface area contributed by atoms with Crippen LogP contribution in [0.15, 0.2) is 24.3 Å². The first-order valence-corrected chi connectivity index (χ1v) is 7.58. The van der Waals surface area contributed by atoms with Crippen molar-refractivity contribution in [2.24, 2.45) is 0 Å². The third kappa shape index (κ3) is 4.79. The van der Waals surface area contributed by atoms with E-state index in [1.165, 1.54) is 44.5 Å². The maximum Gasteiger partial charge on any atom is 0.162 e. The van der Waals surface area contributed by atoms with Crippen LogP contribution in [0.1, 0.15) is 54.4 Å². The molecule has 0 bridgehead atoms. The molecule has 0 unspecified atom stereocenters. The number of ketones is 1. The molecule has 1 aliphatic heterocycles. The first-order chi connectivity index (χ1) is 9.25. The van der Waals surface area contributed by atoms with Crippen LogP contribution in [-0.2, 0) is 0 Å². The van der Waals surface area contributed by atoms with Crippen LogP contribution in [0.5, 0.6) is 0 Å². The SMILES string of the molecule is Cc1ccc(C(=O)CCCCN2CCCCC2)cc1. The van der Waals surface area contributed by atoms with Crippen LogP contribution in [0.3, 0.4) is 0 Å². The Bertz CT molecular complexity index is 390. The van der Waals surface area contributed by atoms with Gasteiger partial charge in [-0.15, -0.1) is 0 Å². The molecule has 1 saturated heterocycles. The van der Waals surface area contributed by atoms with Crippen molar-refractivity contribution in [1.29, 1.82) is 0 Å². The van der Waals surface area contributed by atoms with Crippen LogP contribution >= 0.6 is 0 Å². The summed E-state index contributed by atoms with van der Waals surface area (Å²) in [7, 11) is 0. The topological polar surface area (TPSA) is 20.3 Å². The van der Waals surface area contributed by atoms with Crippen LogP contribution in [0.4, 0.5) is 0 Å². The lowest BCUT2D eigenvalue weighted by Crippen LogP contribution is -2.30. The molecule has 2 nitrogen and oxygen atoms in total. The van der Waals surface area contributed by atoms with E-state index in [0.717, 1.165) is 18.4 Å². The lowest BCUT2D eigenvalue weighted by Gasteiger charge is -2.26. The Kier molecular flexibility index (Phi) is 5.59. The van der Waals surface area contributed by atoms with Gasteiger partial charge >= 0.3 is 0 Å². The zero-order chi connectivity index (χ0) is 13.5. The first kappa shape index (κ1) is 14.3. The maximum atomic E-state index is 12.0. The van der Waals surface area contributed by atoms with Crippen LogP contribution in [0.2, 0.25) is 0 Å². The van der Waals surface area contributed by atoms with Gasteiger partial charge < -0.3 is 4.90 Å². The predicted octanol–water partition coefficient (Wildman–Crippen LogP) is 3.83. The second kappa shape index (κ2) is 7.44. The highest BCUT2D eigenvalue weighted by Crippen LogP contribution is 2.12. The lowest BCUT2D eigenvalue weighted by molar-refractivity contribution is 0.0977. The van der Waals surface area contributed by atoms with E-state index in [-0.39, 0.29) is 0 Å². The van der Waals surface area contributed by atoms with Crippen molar-refractivity contribution in [2.45, 2.75) is 45.4 Å². The quantitative estimate of drug-likeness (QED) is 0.571. The minimum atomic E-state index is 0.290. The van der Waals surface area contributed by atoms with Crippen molar-refractivity contribution in [3.8, 4) is 0 Å². The summed E-state index contributed by atoms with van der Waals surface area (Å²) >= 11 is 0. The lowest BCUT2D eigenvalue weighted by atomic mass is 10.0. The van der Waals surface area contributed by atoms with Crippen molar-refractivity contribution < 1.29 is 4.79 Å². The number of unbranched alkanes of at least 4 members (excludes halogenated alkanes) is 1. The zero-order valence-electron chi connectivity index (χ0n) is 12.0. The van der Waals surface area contributed by atoms with Crippen LogP contribution in [0.25, 0.3) is 0 Å². The Morgan fingerprint density at radius 1 is 1.05 bits per heavy atom. The predicted molar refractivity (Wildman–Crippen MR) is 79.7 cm³/mol. The van der Waals surface area contributed by atoms with Crippen LogP contribution in [-0.4, -0.2) is 30.3 Å². The number of hydrogen-bond acceptors (Lipinski definition) is 2. The highest BCUT2D eigenvalue weighted by molar-refractivity contribution is 5.96. The van der Waals surface area contributed by atoms with Gasteiger partial charge in [0.15, 0.2) is 5.78 Å². The highest BCUT2D eigenvalue weighted by atomic mass is 16.1. The molecule has 2 rings (SSSR count). The normalized spacial score (nSPS) is 16.5. The molecule has 0 N–H and O–H groups in total. The van der Waals surface area contributed by atoms with E-state index < -0.39 is 0 Å². The molecule has 1 fully saturated rings. The monoisotopic (exact) mass is 259 g/mol. The number of piperidine rings is 1. The smallest absolute Gasteiger partial charge is 0.162 e. The molecule has 1 aromatic carbocycles. The van der Waals surface area contributed by atoms with Gasteiger partial charge in [-0.05, 0) is 52.2 Å². The number of hydrogen-bond donors (Lipinski definition) is 0. The summed E-state index contributed by atoms with van der Waals surface area (Å²) in [6, 6.07) is 7.92. The molecule has 0 spiro atoms.